The average Bonchev–Trinajstić information content (AvgIpc) is 2.74. The van der Waals surface area contributed by atoms with E-state index in [0.717, 1.165) is 18.2 Å². The predicted octanol–water partition coefficient (Wildman–Crippen LogP) is 2.85. The molecular weight excluding hydrogens is 210 g/mol. The van der Waals surface area contributed by atoms with Crippen molar-refractivity contribution in [2.24, 2.45) is 22.6 Å². The van der Waals surface area contributed by atoms with Gasteiger partial charge in [0.15, 0.2) is 5.96 Å². The van der Waals surface area contributed by atoms with Crippen LogP contribution in [0.15, 0.2) is 35.3 Å². The zero-order chi connectivity index (χ0) is 12.1. The quantitative estimate of drug-likeness (QED) is 0.621. The summed E-state index contributed by atoms with van der Waals surface area (Å²) in [6, 6.07) is 9.92. The maximum Gasteiger partial charge on any atom is 0.193 e. The molecule has 1 aliphatic rings. The van der Waals surface area contributed by atoms with Crippen LogP contribution < -0.4 is 11.1 Å². The summed E-state index contributed by atoms with van der Waals surface area (Å²) in [7, 11) is 0. The van der Waals surface area contributed by atoms with E-state index in [1.54, 1.807) is 0 Å². The van der Waals surface area contributed by atoms with E-state index in [2.05, 4.69) is 17.2 Å². The first-order valence-electron chi connectivity index (χ1n) is 6.37. The number of nitrogens with zero attached hydrogens (tertiary/aromatic N) is 1. The third-order valence-corrected chi connectivity index (χ3v) is 3.58. The summed E-state index contributed by atoms with van der Waals surface area (Å²) in [6.45, 7) is 3.17. The van der Waals surface area contributed by atoms with Crippen molar-refractivity contribution in [1.82, 2.24) is 0 Å². The lowest BCUT2D eigenvalue weighted by atomic mass is 9.99. The molecule has 3 heteroatoms. The van der Waals surface area contributed by atoms with Crippen molar-refractivity contribution in [3.05, 3.63) is 30.3 Å². The van der Waals surface area contributed by atoms with Crippen LogP contribution in [0.4, 0.5) is 5.69 Å². The van der Waals surface area contributed by atoms with Gasteiger partial charge in [-0.25, -0.2) is 0 Å². The molecule has 2 unspecified atom stereocenters. The molecule has 3 nitrogen and oxygen atoms in total. The second-order valence-corrected chi connectivity index (χ2v) is 4.89. The van der Waals surface area contributed by atoms with E-state index in [1.807, 2.05) is 30.3 Å². The molecule has 2 rings (SSSR count). The number of benzene rings is 1. The molecule has 92 valence electrons. The summed E-state index contributed by atoms with van der Waals surface area (Å²) < 4.78 is 0. The zero-order valence-electron chi connectivity index (χ0n) is 10.4. The van der Waals surface area contributed by atoms with Gasteiger partial charge in [0.05, 0.1) is 0 Å². The Kier molecular flexibility index (Phi) is 4.02. The first-order chi connectivity index (χ1) is 8.25. The van der Waals surface area contributed by atoms with Crippen molar-refractivity contribution in [3.63, 3.8) is 0 Å². The largest absolute Gasteiger partial charge is 0.370 e. The molecule has 1 aliphatic carbocycles. The Morgan fingerprint density at radius 2 is 2.12 bits per heavy atom. The molecule has 0 bridgehead atoms. The van der Waals surface area contributed by atoms with Crippen molar-refractivity contribution in [2.75, 3.05) is 11.9 Å². The van der Waals surface area contributed by atoms with Crippen molar-refractivity contribution in [1.29, 1.82) is 0 Å². The third kappa shape index (κ3) is 3.48. The third-order valence-electron chi connectivity index (χ3n) is 3.58. The van der Waals surface area contributed by atoms with Gasteiger partial charge in [-0.05, 0) is 30.4 Å². The molecule has 0 radical (unpaired) electrons. The zero-order valence-corrected chi connectivity index (χ0v) is 10.4. The number of guanidine groups is 1. The Balaban J connectivity index is 1.85. The van der Waals surface area contributed by atoms with Crippen LogP contribution in [0.1, 0.15) is 26.2 Å². The Morgan fingerprint density at radius 1 is 1.35 bits per heavy atom. The molecule has 1 saturated carbocycles. The highest BCUT2D eigenvalue weighted by atomic mass is 15.1. The second kappa shape index (κ2) is 5.71. The minimum Gasteiger partial charge on any atom is -0.370 e. The lowest BCUT2D eigenvalue weighted by Gasteiger charge is -2.12. The maximum atomic E-state index is 5.87. The number of nitrogens with one attached hydrogen (secondary N) is 1. The Morgan fingerprint density at radius 3 is 2.76 bits per heavy atom. The lowest BCUT2D eigenvalue weighted by Crippen LogP contribution is -2.24. The van der Waals surface area contributed by atoms with Gasteiger partial charge in [0.1, 0.15) is 0 Å². The average molecular weight is 231 g/mol. The summed E-state index contributed by atoms with van der Waals surface area (Å²) in [5.74, 6) is 2.03. The molecule has 0 saturated heterocycles. The predicted molar refractivity (Wildman–Crippen MR) is 73.1 cm³/mol. The maximum absolute atomic E-state index is 5.87. The summed E-state index contributed by atoms with van der Waals surface area (Å²) in [6.07, 6.45) is 3.98. The lowest BCUT2D eigenvalue weighted by molar-refractivity contribution is 0.430. The number of para-hydroxylation sites is 1. The molecule has 0 amide bonds. The molecule has 3 N–H and O–H groups in total. The normalized spacial score (nSPS) is 24.9. The number of nitrogens with two attached hydrogens (primary N) is 1. The summed E-state index contributed by atoms with van der Waals surface area (Å²) >= 11 is 0. The molecular formula is C14H21N3. The highest BCUT2D eigenvalue weighted by Gasteiger charge is 2.22. The highest BCUT2D eigenvalue weighted by molar-refractivity contribution is 5.92. The van der Waals surface area contributed by atoms with Crippen molar-refractivity contribution < 1.29 is 0 Å². The van der Waals surface area contributed by atoms with Gasteiger partial charge in [-0.3, -0.25) is 4.99 Å². The number of rotatable bonds is 3. The smallest absolute Gasteiger partial charge is 0.193 e. The van der Waals surface area contributed by atoms with Crippen LogP contribution in [-0.4, -0.2) is 12.5 Å². The van der Waals surface area contributed by atoms with E-state index in [4.69, 9.17) is 5.73 Å². The fourth-order valence-corrected chi connectivity index (χ4v) is 2.42. The van der Waals surface area contributed by atoms with Crippen LogP contribution >= 0.6 is 0 Å². The van der Waals surface area contributed by atoms with Crippen LogP contribution in [0.25, 0.3) is 0 Å². The SMILES string of the molecule is CC1CCCC1CN=C(N)Nc1ccccc1. The number of hydrogen-bond acceptors (Lipinski definition) is 1. The van der Waals surface area contributed by atoms with Crippen molar-refractivity contribution in [3.8, 4) is 0 Å². The van der Waals surface area contributed by atoms with E-state index >= 15 is 0 Å². The molecule has 0 spiro atoms. The Hall–Kier alpha value is -1.51. The fourth-order valence-electron chi connectivity index (χ4n) is 2.42. The van der Waals surface area contributed by atoms with Gasteiger partial charge in [-0.2, -0.15) is 0 Å². The van der Waals surface area contributed by atoms with Crippen LogP contribution in [0, 0.1) is 11.8 Å². The molecule has 1 aromatic rings. The van der Waals surface area contributed by atoms with Gasteiger partial charge in [0.25, 0.3) is 0 Å². The second-order valence-electron chi connectivity index (χ2n) is 4.89. The number of anilines is 1. The van der Waals surface area contributed by atoms with Crippen LogP contribution in [0.5, 0.6) is 0 Å². The van der Waals surface area contributed by atoms with E-state index in [1.165, 1.54) is 19.3 Å². The number of hydrogen-bond donors (Lipinski definition) is 2. The highest BCUT2D eigenvalue weighted by Crippen LogP contribution is 2.31. The first-order valence-corrected chi connectivity index (χ1v) is 6.37. The monoisotopic (exact) mass is 231 g/mol. The molecule has 0 aromatic heterocycles. The van der Waals surface area contributed by atoms with Crippen molar-refractivity contribution in [2.45, 2.75) is 26.2 Å². The van der Waals surface area contributed by atoms with Crippen LogP contribution in [-0.2, 0) is 0 Å². The van der Waals surface area contributed by atoms with Gasteiger partial charge in [-0.15, -0.1) is 0 Å². The van der Waals surface area contributed by atoms with E-state index in [9.17, 15) is 0 Å². The van der Waals surface area contributed by atoms with E-state index < -0.39 is 0 Å². The van der Waals surface area contributed by atoms with Gasteiger partial charge in [-0.1, -0.05) is 38.0 Å². The van der Waals surface area contributed by atoms with Crippen molar-refractivity contribution >= 4 is 11.6 Å². The molecule has 17 heavy (non-hydrogen) atoms. The molecule has 1 aromatic carbocycles. The summed E-state index contributed by atoms with van der Waals surface area (Å²) in [5.41, 5.74) is 6.86. The Labute approximate surface area is 103 Å². The van der Waals surface area contributed by atoms with Gasteiger partial charge in [0, 0.05) is 12.2 Å². The van der Waals surface area contributed by atoms with Gasteiger partial charge < -0.3 is 11.1 Å². The van der Waals surface area contributed by atoms with E-state index in [0.29, 0.717) is 11.9 Å². The van der Waals surface area contributed by atoms with Crippen LogP contribution in [0.3, 0.4) is 0 Å². The summed E-state index contributed by atoms with van der Waals surface area (Å²) in [5, 5.41) is 3.11. The van der Waals surface area contributed by atoms with Crippen LogP contribution in [0.2, 0.25) is 0 Å². The molecule has 0 aliphatic heterocycles. The number of aliphatic imine (C=N–C) groups is 1. The minimum absolute atomic E-state index is 0.523. The topological polar surface area (TPSA) is 50.4 Å². The summed E-state index contributed by atoms with van der Waals surface area (Å²) in [4.78, 5) is 4.44. The Bertz CT molecular complexity index is 372. The van der Waals surface area contributed by atoms with Gasteiger partial charge >= 0.3 is 0 Å². The first kappa shape index (κ1) is 12.0. The fraction of sp³-hybridized carbons (Fsp3) is 0.500. The standard InChI is InChI=1S/C14H21N3/c1-11-6-5-7-12(11)10-16-14(15)17-13-8-3-2-4-9-13/h2-4,8-9,11-12H,5-7,10H2,1H3,(H3,15,16,17). The molecule has 1 fully saturated rings. The molecule has 0 heterocycles. The minimum atomic E-state index is 0.523. The van der Waals surface area contributed by atoms with E-state index in [-0.39, 0.29) is 0 Å². The molecule has 2 atom stereocenters. The van der Waals surface area contributed by atoms with Gasteiger partial charge in [0.2, 0.25) is 0 Å².